The fourth-order valence-electron chi connectivity index (χ4n) is 3.40. The summed E-state index contributed by atoms with van der Waals surface area (Å²) in [4.78, 5) is 5.70. The van der Waals surface area contributed by atoms with Gasteiger partial charge in [-0.05, 0) is 44.6 Å². The Bertz CT molecular complexity index is 1040. The molecule has 2 aromatic rings. The number of fused-ring (bicyclic) bond motifs is 1. The van der Waals surface area contributed by atoms with Crippen LogP contribution in [0.15, 0.2) is 29.4 Å². The zero-order valence-electron chi connectivity index (χ0n) is 20.2. The van der Waals surface area contributed by atoms with Crippen LogP contribution in [0.1, 0.15) is 85.1 Å². The molecule has 0 saturated carbocycles. The summed E-state index contributed by atoms with van der Waals surface area (Å²) in [6, 6.07) is 2.21. The average molecular weight is 425 g/mol. The second kappa shape index (κ2) is 8.89. The number of allylic oxidation sites excluding steroid dienone is 6. The molecule has 0 aliphatic carbocycles. The summed E-state index contributed by atoms with van der Waals surface area (Å²) in [5.41, 5.74) is 5.24. The van der Waals surface area contributed by atoms with E-state index in [4.69, 9.17) is 10.1 Å². The van der Waals surface area contributed by atoms with Crippen molar-refractivity contribution < 1.29 is 0 Å². The Kier molecular flexibility index (Phi) is 7.14. The maximum atomic E-state index is 9.20. The quantitative estimate of drug-likeness (QED) is 0.374. The molecule has 0 spiro atoms. The van der Waals surface area contributed by atoms with E-state index in [0.29, 0.717) is 11.5 Å². The predicted octanol–water partition coefficient (Wildman–Crippen LogP) is 7.27. The molecule has 0 radical (unpaired) electrons. The molecule has 0 fully saturated rings. The number of hydrogen-bond donors (Lipinski definition) is 0. The van der Waals surface area contributed by atoms with Crippen molar-refractivity contribution in [2.75, 3.05) is 0 Å². The normalized spacial score (nSPS) is 15.6. The van der Waals surface area contributed by atoms with Crippen molar-refractivity contribution in [3.63, 3.8) is 0 Å². The lowest BCUT2D eigenvalue weighted by Crippen LogP contribution is -2.12. The van der Waals surface area contributed by atoms with Crippen molar-refractivity contribution in [1.29, 1.82) is 5.26 Å². The Morgan fingerprint density at radius 3 is 2.33 bits per heavy atom. The summed E-state index contributed by atoms with van der Waals surface area (Å²) < 4.78 is 1.97. The fraction of sp³-hybridized carbons (Fsp3) is 0.560. The summed E-state index contributed by atoms with van der Waals surface area (Å²) in [5.74, 6) is 0.457. The molecule has 2 aromatic heterocycles. The second-order valence-corrected chi connectivity index (χ2v) is 11.5. The molecule has 0 aliphatic heterocycles. The largest absolute Gasteiger partial charge is 0.222 e. The number of imidazole rings is 1. The third kappa shape index (κ3) is 5.92. The SMILES string of the molecule is C\C(C#N)=C/C=C(\C=C(/C)C(C)CC(C)(C)C)c1c(C)nc2sc(C(C)(C)C)nn12. The Hall–Kier alpha value is -2.19. The topological polar surface area (TPSA) is 54.0 Å². The lowest BCUT2D eigenvalue weighted by atomic mass is 9.82. The first kappa shape index (κ1) is 24.1. The summed E-state index contributed by atoms with van der Waals surface area (Å²) in [6.07, 6.45) is 7.26. The van der Waals surface area contributed by atoms with Crippen LogP contribution in [0.2, 0.25) is 0 Å². The summed E-state index contributed by atoms with van der Waals surface area (Å²) >= 11 is 1.64. The minimum absolute atomic E-state index is 0.0231. The van der Waals surface area contributed by atoms with E-state index in [0.717, 1.165) is 33.4 Å². The summed E-state index contributed by atoms with van der Waals surface area (Å²) in [7, 11) is 0. The van der Waals surface area contributed by atoms with Crippen molar-refractivity contribution in [1.82, 2.24) is 14.6 Å². The Balaban J connectivity index is 2.64. The first-order valence-corrected chi connectivity index (χ1v) is 11.4. The van der Waals surface area contributed by atoms with Crippen LogP contribution in [-0.2, 0) is 5.41 Å². The molecular weight excluding hydrogens is 388 g/mol. The minimum atomic E-state index is -0.0231. The van der Waals surface area contributed by atoms with E-state index in [-0.39, 0.29) is 10.8 Å². The van der Waals surface area contributed by atoms with Crippen LogP contribution in [0.5, 0.6) is 0 Å². The van der Waals surface area contributed by atoms with Gasteiger partial charge in [-0.1, -0.05) is 77.5 Å². The maximum Gasteiger partial charge on any atom is 0.212 e. The van der Waals surface area contributed by atoms with Crippen LogP contribution in [-0.4, -0.2) is 14.6 Å². The van der Waals surface area contributed by atoms with E-state index in [2.05, 4.69) is 67.5 Å². The van der Waals surface area contributed by atoms with Crippen molar-refractivity contribution in [3.8, 4) is 6.07 Å². The number of aryl methyl sites for hydroxylation is 1. The van der Waals surface area contributed by atoms with E-state index in [1.54, 1.807) is 11.3 Å². The average Bonchev–Trinajstić information content (AvgIpc) is 3.13. The Morgan fingerprint density at radius 2 is 1.80 bits per heavy atom. The van der Waals surface area contributed by atoms with Gasteiger partial charge in [0, 0.05) is 16.6 Å². The zero-order valence-corrected chi connectivity index (χ0v) is 21.0. The molecule has 5 heteroatoms. The molecule has 1 atom stereocenters. The molecule has 2 rings (SSSR count). The minimum Gasteiger partial charge on any atom is -0.222 e. The molecule has 30 heavy (non-hydrogen) atoms. The van der Waals surface area contributed by atoms with Crippen molar-refractivity contribution >= 4 is 21.9 Å². The molecule has 0 N–H and O–H groups in total. The van der Waals surface area contributed by atoms with Crippen molar-refractivity contribution in [2.24, 2.45) is 11.3 Å². The molecule has 4 nitrogen and oxygen atoms in total. The molecular formula is C25H36N4S. The standard InChI is InChI=1S/C25H36N4S/c1-16(15-26)11-12-20(13-17(2)18(3)14-24(5,6)7)21-19(4)27-23-29(21)28-22(30-23)25(8,9)10/h11-13,18H,14H2,1-10H3/b16-11+,17-13+,20-12+. The molecule has 0 bridgehead atoms. The van der Waals surface area contributed by atoms with Gasteiger partial charge in [0.15, 0.2) is 0 Å². The first-order valence-electron chi connectivity index (χ1n) is 10.6. The van der Waals surface area contributed by atoms with Gasteiger partial charge in [-0.25, -0.2) is 9.50 Å². The van der Waals surface area contributed by atoms with Gasteiger partial charge in [0.1, 0.15) is 5.01 Å². The van der Waals surface area contributed by atoms with Gasteiger partial charge in [0.25, 0.3) is 0 Å². The molecule has 2 heterocycles. The van der Waals surface area contributed by atoms with Crippen LogP contribution in [0.25, 0.3) is 10.5 Å². The summed E-state index contributed by atoms with van der Waals surface area (Å²) in [5, 5.41) is 15.2. The highest BCUT2D eigenvalue weighted by molar-refractivity contribution is 7.16. The lowest BCUT2D eigenvalue weighted by Gasteiger charge is -2.24. The maximum absolute atomic E-state index is 9.20. The number of nitrogens with zero attached hydrogens (tertiary/aromatic N) is 4. The monoisotopic (exact) mass is 424 g/mol. The third-order valence-corrected chi connectivity index (χ3v) is 6.40. The highest BCUT2D eigenvalue weighted by atomic mass is 32.1. The van der Waals surface area contributed by atoms with Crippen LogP contribution in [0.4, 0.5) is 0 Å². The van der Waals surface area contributed by atoms with Crippen LogP contribution in [0, 0.1) is 29.6 Å². The fourth-order valence-corrected chi connectivity index (χ4v) is 4.40. The summed E-state index contributed by atoms with van der Waals surface area (Å²) in [6.45, 7) is 21.7. The lowest BCUT2D eigenvalue weighted by molar-refractivity contribution is 0.329. The highest BCUT2D eigenvalue weighted by Crippen LogP contribution is 2.33. The first-order chi connectivity index (χ1) is 13.7. The van der Waals surface area contributed by atoms with E-state index < -0.39 is 0 Å². The molecule has 0 aromatic carbocycles. The number of nitriles is 1. The van der Waals surface area contributed by atoms with E-state index in [1.165, 1.54) is 5.57 Å². The molecule has 0 saturated heterocycles. The van der Waals surface area contributed by atoms with Gasteiger partial charge in [-0.2, -0.15) is 10.4 Å². The van der Waals surface area contributed by atoms with Gasteiger partial charge in [0.05, 0.1) is 17.5 Å². The smallest absolute Gasteiger partial charge is 0.212 e. The number of rotatable bonds is 5. The third-order valence-electron chi connectivity index (χ3n) is 5.06. The van der Waals surface area contributed by atoms with Gasteiger partial charge in [-0.3, -0.25) is 0 Å². The van der Waals surface area contributed by atoms with E-state index in [1.807, 2.05) is 30.5 Å². The van der Waals surface area contributed by atoms with Crippen molar-refractivity contribution in [3.05, 3.63) is 45.8 Å². The molecule has 0 amide bonds. The molecule has 1 unspecified atom stereocenters. The highest BCUT2D eigenvalue weighted by Gasteiger charge is 2.23. The number of aromatic nitrogens is 3. The Morgan fingerprint density at radius 1 is 1.17 bits per heavy atom. The molecule has 162 valence electrons. The van der Waals surface area contributed by atoms with Crippen LogP contribution in [0.3, 0.4) is 0 Å². The van der Waals surface area contributed by atoms with Gasteiger partial charge >= 0.3 is 0 Å². The number of hydrogen-bond acceptors (Lipinski definition) is 4. The van der Waals surface area contributed by atoms with Crippen molar-refractivity contribution in [2.45, 2.75) is 81.1 Å². The zero-order chi connectivity index (χ0) is 22.9. The second-order valence-electron chi connectivity index (χ2n) is 10.5. The Labute approximate surface area is 186 Å². The van der Waals surface area contributed by atoms with E-state index >= 15 is 0 Å². The van der Waals surface area contributed by atoms with E-state index in [9.17, 15) is 5.26 Å². The van der Waals surface area contributed by atoms with Crippen LogP contribution < -0.4 is 0 Å². The van der Waals surface area contributed by atoms with Gasteiger partial charge in [0.2, 0.25) is 4.96 Å². The molecule has 0 aliphatic rings. The van der Waals surface area contributed by atoms with Gasteiger partial charge < -0.3 is 0 Å². The van der Waals surface area contributed by atoms with Gasteiger partial charge in [-0.15, -0.1) is 0 Å². The van der Waals surface area contributed by atoms with Crippen LogP contribution >= 0.6 is 11.3 Å². The predicted molar refractivity (Wildman–Crippen MR) is 129 cm³/mol.